The first-order chi connectivity index (χ1) is 11.2. The molecule has 128 valence electrons. The predicted molar refractivity (Wildman–Crippen MR) is 90.5 cm³/mol. The number of likely N-dealkylation sites (tertiary alicyclic amines) is 1. The van der Waals surface area contributed by atoms with Gasteiger partial charge >= 0.3 is 6.03 Å². The number of urea groups is 1. The Labute approximate surface area is 141 Å². The third kappa shape index (κ3) is 4.43. The van der Waals surface area contributed by atoms with E-state index in [9.17, 15) is 4.79 Å². The van der Waals surface area contributed by atoms with Crippen molar-refractivity contribution in [2.45, 2.75) is 38.3 Å². The van der Waals surface area contributed by atoms with Gasteiger partial charge in [0.1, 0.15) is 5.01 Å². The summed E-state index contributed by atoms with van der Waals surface area (Å²) in [6.07, 6.45) is 6.69. The second kappa shape index (κ2) is 7.59. The molecule has 23 heavy (non-hydrogen) atoms. The summed E-state index contributed by atoms with van der Waals surface area (Å²) >= 11 is 1.74. The summed E-state index contributed by atoms with van der Waals surface area (Å²) in [5.41, 5.74) is 0.350. The molecule has 2 aliphatic rings. The molecular formula is C16H26N4O2S. The average Bonchev–Trinajstić information content (AvgIpc) is 3.09. The van der Waals surface area contributed by atoms with E-state index < -0.39 is 0 Å². The topological polar surface area (TPSA) is 66.5 Å². The summed E-state index contributed by atoms with van der Waals surface area (Å²) in [6.45, 7) is 4.67. The van der Waals surface area contributed by atoms with Crippen molar-refractivity contribution in [2.75, 3.05) is 33.3 Å². The Hall–Kier alpha value is -1.18. The van der Waals surface area contributed by atoms with Crippen molar-refractivity contribution >= 4 is 17.4 Å². The van der Waals surface area contributed by atoms with Crippen LogP contribution in [0.25, 0.3) is 0 Å². The standard InChI is InChI=1S/C16H26N4O2S/c1-17-15(21)19-10-13-2-3-16(12-22-13)4-7-20(8-5-16)11-14-18-6-9-23-14/h6,9,13H,2-5,7-8,10-12H2,1H3,(H2,17,19,21)/t13-/m1/s1. The maximum absolute atomic E-state index is 11.2. The van der Waals surface area contributed by atoms with E-state index in [1.807, 2.05) is 11.6 Å². The summed E-state index contributed by atoms with van der Waals surface area (Å²) in [5, 5.41) is 8.66. The van der Waals surface area contributed by atoms with Gasteiger partial charge in [-0.1, -0.05) is 0 Å². The molecule has 0 radical (unpaired) electrons. The van der Waals surface area contributed by atoms with Gasteiger partial charge in [0.05, 0.1) is 19.3 Å². The largest absolute Gasteiger partial charge is 0.376 e. The maximum atomic E-state index is 11.2. The lowest BCUT2D eigenvalue weighted by Gasteiger charge is -2.45. The molecule has 0 aliphatic carbocycles. The minimum Gasteiger partial charge on any atom is -0.376 e. The van der Waals surface area contributed by atoms with Crippen molar-refractivity contribution in [3.8, 4) is 0 Å². The fraction of sp³-hybridized carbons (Fsp3) is 0.750. The number of hydrogen-bond donors (Lipinski definition) is 2. The minimum absolute atomic E-state index is 0.135. The number of ether oxygens (including phenoxy) is 1. The third-order valence-electron chi connectivity index (χ3n) is 5.10. The van der Waals surface area contributed by atoms with Gasteiger partial charge in [-0.3, -0.25) is 4.90 Å². The molecule has 0 bridgehead atoms. The van der Waals surface area contributed by atoms with Gasteiger partial charge in [0.2, 0.25) is 0 Å². The van der Waals surface area contributed by atoms with E-state index in [0.29, 0.717) is 12.0 Å². The lowest BCUT2D eigenvalue weighted by Crippen LogP contribution is -2.48. The van der Waals surface area contributed by atoms with Crippen LogP contribution in [0.4, 0.5) is 4.79 Å². The average molecular weight is 338 g/mol. The van der Waals surface area contributed by atoms with Gasteiger partial charge in [0.15, 0.2) is 0 Å². The van der Waals surface area contributed by atoms with Gasteiger partial charge in [-0.05, 0) is 44.2 Å². The molecular weight excluding hydrogens is 312 g/mol. The fourth-order valence-corrected chi connectivity index (χ4v) is 4.13. The smallest absolute Gasteiger partial charge is 0.314 e. The number of thiazole rings is 1. The van der Waals surface area contributed by atoms with Crippen LogP contribution in [0.3, 0.4) is 0 Å². The van der Waals surface area contributed by atoms with Crippen LogP contribution in [0.15, 0.2) is 11.6 Å². The Morgan fingerprint density at radius 1 is 1.48 bits per heavy atom. The van der Waals surface area contributed by atoms with Crippen molar-refractivity contribution in [1.29, 1.82) is 0 Å². The lowest BCUT2D eigenvalue weighted by atomic mass is 9.73. The van der Waals surface area contributed by atoms with Gasteiger partial charge in [0.25, 0.3) is 0 Å². The van der Waals surface area contributed by atoms with E-state index in [0.717, 1.165) is 32.7 Å². The molecule has 2 amide bonds. The van der Waals surface area contributed by atoms with Gasteiger partial charge < -0.3 is 15.4 Å². The molecule has 3 heterocycles. The Morgan fingerprint density at radius 3 is 2.91 bits per heavy atom. The van der Waals surface area contributed by atoms with E-state index in [2.05, 4.69) is 20.5 Å². The molecule has 3 rings (SSSR count). The number of hydrogen-bond acceptors (Lipinski definition) is 5. The number of nitrogens with one attached hydrogen (secondary N) is 2. The fourth-order valence-electron chi connectivity index (χ4n) is 3.48. The lowest BCUT2D eigenvalue weighted by molar-refractivity contribution is -0.0842. The highest BCUT2D eigenvalue weighted by atomic mass is 32.1. The summed E-state index contributed by atoms with van der Waals surface area (Å²) in [4.78, 5) is 18.1. The molecule has 1 atom stereocenters. The van der Waals surface area contributed by atoms with Crippen molar-refractivity contribution < 1.29 is 9.53 Å². The van der Waals surface area contributed by atoms with Gasteiger partial charge in [0, 0.05) is 25.2 Å². The number of carbonyl (C=O) groups is 1. The molecule has 1 aromatic heterocycles. The number of rotatable bonds is 4. The van der Waals surface area contributed by atoms with Crippen LogP contribution >= 0.6 is 11.3 Å². The highest BCUT2D eigenvalue weighted by Gasteiger charge is 2.38. The minimum atomic E-state index is -0.135. The molecule has 0 unspecified atom stereocenters. The first kappa shape index (κ1) is 16.7. The van der Waals surface area contributed by atoms with E-state index in [1.54, 1.807) is 18.4 Å². The molecule has 1 aromatic rings. The van der Waals surface area contributed by atoms with Crippen molar-refractivity contribution in [3.63, 3.8) is 0 Å². The van der Waals surface area contributed by atoms with E-state index >= 15 is 0 Å². The number of aromatic nitrogens is 1. The molecule has 2 saturated heterocycles. The highest BCUT2D eigenvalue weighted by molar-refractivity contribution is 7.09. The van der Waals surface area contributed by atoms with Gasteiger partial charge in [-0.15, -0.1) is 11.3 Å². The van der Waals surface area contributed by atoms with Crippen LogP contribution in [0, 0.1) is 5.41 Å². The van der Waals surface area contributed by atoms with E-state index in [-0.39, 0.29) is 12.1 Å². The molecule has 2 fully saturated rings. The molecule has 2 aliphatic heterocycles. The van der Waals surface area contributed by atoms with Crippen LogP contribution < -0.4 is 10.6 Å². The van der Waals surface area contributed by atoms with Gasteiger partial charge in [-0.2, -0.15) is 0 Å². The van der Waals surface area contributed by atoms with E-state index in [4.69, 9.17) is 4.74 Å². The quantitative estimate of drug-likeness (QED) is 0.879. The van der Waals surface area contributed by atoms with Crippen LogP contribution in [0.2, 0.25) is 0 Å². The Morgan fingerprint density at radius 2 is 2.30 bits per heavy atom. The van der Waals surface area contributed by atoms with Crippen LogP contribution in [0.5, 0.6) is 0 Å². The Bertz CT molecular complexity index is 490. The van der Waals surface area contributed by atoms with Crippen LogP contribution in [-0.2, 0) is 11.3 Å². The first-order valence-electron chi connectivity index (χ1n) is 8.37. The molecule has 2 N–H and O–H groups in total. The second-order valence-electron chi connectivity index (χ2n) is 6.63. The number of piperidine rings is 1. The Kier molecular flexibility index (Phi) is 5.50. The monoisotopic (exact) mass is 338 g/mol. The number of carbonyl (C=O) groups excluding carboxylic acids is 1. The molecule has 0 saturated carbocycles. The van der Waals surface area contributed by atoms with Crippen LogP contribution in [0.1, 0.15) is 30.7 Å². The van der Waals surface area contributed by atoms with Crippen LogP contribution in [-0.4, -0.2) is 55.3 Å². The zero-order valence-electron chi connectivity index (χ0n) is 13.7. The number of nitrogens with zero attached hydrogens (tertiary/aromatic N) is 2. The van der Waals surface area contributed by atoms with Gasteiger partial charge in [-0.25, -0.2) is 9.78 Å². The summed E-state index contributed by atoms with van der Waals surface area (Å²) < 4.78 is 6.04. The van der Waals surface area contributed by atoms with Crippen molar-refractivity contribution in [2.24, 2.45) is 5.41 Å². The molecule has 0 aromatic carbocycles. The molecule has 6 nitrogen and oxygen atoms in total. The SMILES string of the molecule is CNC(=O)NC[C@H]1CCC2(CCN(Cc3nccs3)CC2)CO1. The summed E-state index contributed by atoms with van der Waals surface area (Å²) in [6, 6.07) is -0.135. The Balaban J connectivity index is 1.40. The first-order valence-corrected chi connectivity index (χ1v) is 9.25. The molecule has 7 heteroatoms. The zero-order chi connectivity index (χ0) is 16.1. The van der Waals surface area contributed by atoms with Crippen molar-refractivity contribution in [1.82, 2.24) is 20.5 Å². The van der Waals surface area contributed by atoms with E-state index in [1.165, 1.54) is 24.3 Å². The maximum Gasteiger partial charge on any atom is 0.314 e. The zero-order valence-corrected chi connectivity index (χ0v) is 14.5. The number of amides is 2. The second-order valence-corrected chi connectivity index (χ2v) is 7.61. The highest BCUT2D eigenvalue weighted by Crippen LogP contribution is 2.40. The van der Waals surface area contributed by atoms with Crippen molar-refractivity contribution in [3.05, 3.63) is 16.6 Å². The third-order valence-corrected chi connectivity index (χ3v) is 5.86. The summed E-state index contributed by atoms with van der Waals surface area (Å²) in [5.74, 6) is 0. The summed E-state index contributed by atoms with van der Waals surface area (Å²) in [7, 11) is 1.63. The molecule has 1 spiro atoms. The predicted octanol–water partition coefficient (Wildman–Crippen LogP) is 1.83. The normalized spacial score (nSPS) is 24.5.